The molecule has 0 aromatic heterocycles. The topological polar surface area (TPSA) is 35.5 Å². The molecule has 0 radical (unpaired) electrons. The molecule has 1 atom stereocenters. The molecule has 2 rings (SSSR count). The third-order valence-electron chi connectivity index (χ3n) is 3.35. The maximum Gasteiger partial charge on any atom is 0.343 e. The molecular formula is C14H18O3. The van der Waals surface area contributed by atoms with Gasteiger partial charge in [0.25, 0.3) is 0 Å². The molecule has 3 nitrogen and oxygen atoms in total. The molecule has 1 aliphatic rings. The Kier molecular flexibility index (Phi) is 3.09. The summed E-state index contributed by atoms with van der Waals surface area (Å²) in [4.78, 5) is 11.9. The molecule has 0 saturated carbocycles. The minimum absolute atomic E-state index is 0.268. The highest BCUT2D eigenvalue weighted by molar-refractivity contribution is 5.97. The highest BCUT2D eigenvalue weighted by Crippen LogP contribution is 2.43. The van der Waals surface area contributed by atoms with Crippen LogP contribution in [0.25, 0.3) is 0 Å². The van der Waals surface area contributed by atoms with Crippen molar-refractivity contribution >= 4 is 5.97 Å². The second-order valence-corrected chi connectivity index (χ2v) is 4.61. The summed E-state index contributed by atoms with van der Waals surface area (Å²) in [5, 5.41) is 0. The molecule has 1 aromatic rings. The largest absolute Gasteiger partial charge is 0.496 e. The second-order valence-electron chi connectivity index (χ2n) is 4.61. The first-order valence-corrected chi connectivity index (χ1v) is 6.03. The molecule has 0 saturated heterocycles. The van der Waals surface area contributed by atoms with Crippen molar-refractivity contribution < 1.29 is 14.3 Å². The van der Waals surface area contributed by atoms with E-state index < -0.39 is 5.60 Å². The van der Waals surface area contributed by atoms with Gasteiger partial charge in [-0.15, -0.1) is 0 Å². The number of cyclic esters (lactones) is 1. The van der Waals surface area contributed by atoms with Crippen LogP contribution in [0.1, 0.15) is 49.0 Å². The zero-order valence-electron chi connectivity index (χ0n) is 10.6. The third-order valence-corrected chi connectivity index (χ3v) is 3.35. The number of ether oxygens (including phenoxy) is 2. The minimum Gasteiger partial charge on any atom is -0.496 e. The average molecular weight is 234 g/mol. The van der Waals surface area contributed by atoms with Crippen LogP contribution in [0.3, 0.4) is 0 Å². The lowest BCUT2D eigenvalue weighted by atomic mass is 9.89. The first kappa shape index (κ1) is 12.0. The highest BCUT2D eigenvalue weighted by Gasteiger charge is 2.42. The molecular weight excluding hydrogens is 216 g/mol. The van der Waals surface area contributed by atoms with Crippen LogP contribution in [0.5, 0.6) is 5.75 Å². The smallest absolute Gasteiger partial charge is 0.343 e. The number of rotatable bonds is 4. The maximum atomic E-state index is 11.9. The van der Waals surface area contributed by atoms with Gasteiger partial charge in [-0.2, -0.15) is 0 Å². The first-order valence-electron chi connectivity index (χ1n) is 6.03. The standard InChI is InChI=1S/C14H18O3/c1-4-5-9-14(2)10-7-6-8-11(16-3)12(10)13(15)17-14/h6-8H,4-5,9H2,1-3H3. The van der Waals surface area contributed by atoms with Crippen LogP contribution >= 0.6 is 0 Å². The molecule has 0 bridgehead atoms. The van der Waals surface area contributed by atoms with Crippen molar-refractivity contribution in [2.75, 3.05) is 7.11 Å². The molecule has 1 aromatic carbocycles. The van der Waals surface area contributed by atoms with Gasteiger partial charge in [-0.25, -0.2) is 4.79 Å². The lowest BCUT2D eigenvalue weighted by Crippen LogP contribution is -2.21. The number of fused-ring (bicyclic) bond motifs is 1. The Morgan fingerprint density at radius 2 is 2.18 bits per heavy atom. The van der Waals surface area contributed by atoms with Crippen LogP contribution in [-0.2, 0) is 10.3 Å². The van der Waals surface area contributed by atoms with Gasteiger partial charge in [0.2, 0.25) is 0 Å². The molecule has 1 heterocycles. The molecule has 0 aliphatic carbocycles. The zero-order chi connectivity index (χ0) is 12.5. The fourth-order valence-corrected chi connectivity index (χ4v) is 2.36. The average Bonchev–Trinajstić information content (AvgIpc) is 2.60. The van der Waals surface area contributed by atoms with Crippen LogP contribution < -0.4 is 4.74 Å². The first-order chi connectivity index (χ1) is 8.12. The van der Waals surface area contributed by atoms with E-state index in [0.717, 1.165) is 24.8 Å². The van der Waals surface area contributed by atoms with Crippen LogP contribution in [0.2, 0.25) is 0 Å². The van der Waals surface area contributed by atoms with Gasteiger partial charge in [0.05, 0.1) is 7.11 Å². The van der Waals surface area contributed by atoms with Crippen molar-refractivity contribution in [3.05, 3.63) is 29.3 Å². The van der Waals surface area contributed by atoms with Gasteiger partial charge in [0.1, 0.15) is 16.9 Å². The molecule has 17 heavy (non-hydrogen) atoms. The molecule has 0 fully saturated rings. The van der Waals surface area contributed by atoms with Crippen LogP contribution in [0.15, 0.2) is 18.2 Å². The minimum atomic E-state index is -0.489. The van der Waals surface area contributed by atoms with Crippen molar-refractivity contribution in [1.82, 2.24) is 0 Å². The van der Waals surface area contributed by atoms with E-state index in [0.29, 0.717) is 11.3 Å². The predicted molar refractivity (Wildman–Crippen MR) is 65.3 cm³/mol. The van der Waals surface area contributed by atoms with E-state index in [1.807, 2.05) is 19.1 Å². The molecule has 1 aliphatic heterocycles. The van der Waals surface area contributed by atoms with Crippen molar-refractivity contribution in [2.24, 2.45) is 0 Å². The SMILES string of the molecule is CCCCC1(C)OC(=O)c2c(OC)cccc21. The Bertz CT molecular complexity index is 439. The van der Waals surface area contributed by atoms with E-state index in [4.69, 9.17) is 9.47 Å². The van der Waals surface area contributed by atoms with Crippen molar-refractivity contribution in [3.63, 3.8) is 0 Å². The molecule has 0 amide bonds. The molecule has 92 valence electrons. The van der Waals surface area contributed by atoms with E-state index in [9.17, 15) is 4.79 Å². The Morgan fingerprint density at radius 1 is 1.41 bits per heavy atom. The summed E-state index contributed by atoms with van der Waals surface area (Å²) in [5.74, 6) is 0.337. The fourth-order valence-electron chi connectivity index (χ4n) is 2.36. The number of hydrogen-bond donors (Lipinski definition) is 0. The summed E-state index contributed by atoms with van der Waals surface area (Å²) in [6.45, 7) is 4.11. The van der Waals surface area contributed by atoms with Crippen molar-refractivity contribution in [2.45, 2.75) is 38.7 Å². The van der Waals surface area contributed by atoms with E-state index >= 15 is 0 Å². The Hall–Kier alpha value is -1.51. The maximum absolute atomic E-state index is 11.9. The fraction of sp³-hybridized carbons (Fsp3) is 0.500. The summed E-state index contributed by atoms with van der Waals surface area (Å²) in [6.07, 6.45) is 2.99. The molecule has 0 spiro atoms. The van der Waals surface area contributed by atoms with Gasteiger partial charge in [0, 0.05) is 5.56 Å². The van der Waals surface area contributed by atoms with Gasteiger partial charge in [-0.3, -0.25) is 0 Å². The quantitative estimate of drug-likeness (QED) is 0.750. The van der Waals surface area contributed by atoms with Crippen molar-refractivity contribution in [3.8, 4) is 5.75 Å². The van der Waals surface area contributed by atoms with Gasteiger partial charge in [-0.05, 0) is 25.8 Å². The summed E-state index contributed by atoms with van der Waals surface area (Å²) in [6, 6.07) is 5.66. The molecule has 3 heteroatoms. The van der Waals surface area contributed by atoms with Crippen LogP contribution in [0, 0.1) is 0 Å². The normalized spacial score (nSPS) is 22.2. The van der Waals surface area contributed by atoms with E-state index in [1.54, 1.807) is 13.2 Å². The van der Waals surface area contributed by atoms with E-state index in [2.05, 4.69) is 6.92 Å². The van der Waals surface area contributed by atoms with Crippen LogP contribution in [-0.4, -0.2) is 13.1 Å². The Labute approximate surface area is 102 Å². The monoisotopic (exact) mass is 234 g/mol. The van der Waals surface area contributed by atoms with Gasteiger partial charge in [0.15, 0.2) is 0 Å². The van der Waals surface area contributed by atoms with Crippen LogP contribution in [0.4, 0.5) is 0 Å². The second kappa shape index (κ2) is 4.40. The molecule has 1 unspecified atom stereocenters. The number of methoxy groups -OCH3 is 1. The number of carbonyl (C=O) groups is 1. The number of benzene rings is 1. The summed E-state index contributed by atoms with van der Waals surface area (Å²) < 4.78 is 10.8. The summed E-state index contributed by atoms with van der Waals surface area (Å²) in [7, 11) is 1.57. The summed E-state index contributed by atoms with van der Waals surface area (Å²) >= 11 is 0. The Balaban J connectivity index is 2.44. The van der Waals surface area contributed by atoms with E-state index in [-0.39, 0.29) is 5.97 Å². The highest BCUT2D eigenvalue weighted by atomic mass is 16.6. The lowest BCUT2D eigenvalue weighted by Gasteiger charge is -2.23. The number of hydrogen-bond acceptors (Lipinski definition) is 3. The number of carbonyl (C=O) groups excluding carboxylic acids is 1. The summed E-state index contributed by atoms with van der Waals surface area (Å²) in [5.41, 5.74) is 1.06. The number of esters is 1. The third kappa shape index (κ3) is 1.90. The van der Waals surface area contributed by atoms with Gasteiger partial charge >= 0.3 is 5.97 Å². The Morgan fingerprint density at radius 3 is 2.82 bits per heavy atom. The zero-order valence-corrected chi connectivity index (χ0v) is 10.6. The molecule has 0 N–H and O–H groups in total. The lowest BCUT2D eigenvalue weighted by molar-refractivity contribution is -0.00404. The number of unbranched alkanes of at least 4 members (excludes halogenated alkanes) is 1. The van der Waals surface area contributed by atoms with Crippen molar-refractivity contribution in [1.29, 1.82) is 0 Å². The predicted octanol–water partition coefficient (Wildman–Crippen LogP) is 3.27. The van der Waals surface area contributed by atoms with Gasteiger partial charge < -0.3 is 9.47 Å². The van der Waals surface area contributed by atoms with Gasteiger partial charge in [-0.1, -0.05) is 25.5 Å². The van der Waals surface area contributed by atoms with E-state index in [1.165, 1.54) is 0 Å².